The first-order chi connectivity index (χ1) is 7.28. The molecule has 0 spiro atoms. The van der Waals surface area contributed by atoms with E-state index in [0.717, 1.165) is 38.5 Å². The molecule has 0 unspecified atom stereocenters. The molecule has 2 saturated carbocycles. The van der Waals surface area contributed by atoms with Crippen LogP contribution in [0.3, 0.4) is 0 Å². The molecule has 2 aliphatic carbocycles. The van der Waals surface area contributed by atoms with Crippen LogP contribution in [-0.2, 0) is 4.74 Å². The Kier molecular flexibility index (Phi) is 3.65. The SMILES string of the molecule is CCOC1CC(CN)(NCCC2CC2)C1. The predicted octanol–water partition coefficient (Wildman–Crippen LogP) is 1.27. The normalized spacial score (nSPS) is 35.2. The van der Waals surface area contributed by atoms with Gasteiger partial charge in [-0.2, -0.15) is 0 Å². The van der Waals surface area contributed by atoms with Crippen LogP contribution in [0.2, 0.25) is 0 Å². The fourth-order valence-corrected chi connectivity index (χ4v) is 2.50. The van der Waals surface area contributed by atoms with Gasteiger partial charge in [-0.15, -0.1) is 0 Å². The van der Waals surface area contributed by atoms with Gasteiger partial charge in [-0.3, -0.25) is 0 Å². The van der Waals surface area contributed by atoms with E-state index in [1.54, 1.807) is 0 Å². The summed E-state index contributed by atoms with van der Waals surface area (Å²) in [6.07, 6.45) is 6.87. The summed E-state index contributed by atoms with van der Waals surface area (Å²) >= 11 is 0. The monoisotopic (exact) mass is 212 g/mol. The molecule has 2 aliphatic rings. The van der Waals surface area contributed by atoms with Gasteiger partial charge in [-0.1, -0.05) is 12.8 Å². The van der Waals surface area contributed by atoms with Crippen LogP contribution in [0.25, 0.3) is 0 Å². The van der Waals surface area contributed by atoms with Crippen molar-refractivity contribution >= 4 is 0 Å². The lowest BCUT2D eigenvalue weighted by molar-refractivity contribution is -0.0475. The summed E-state index contributed by atoms with van der Waals surface area (Å²) < 4.78 is 5.58. The van der Waals surface area contributed by atoms with E-state index in [-0.39, 0.29) is 5.54 Å². The highest BCUT2D eigenvalue weighted by Gasteiger charge is 2.43. The zero-order chi connectivity index (χ0) is 10.7. The number of rotatable bonds is 7. The smallest absolute Gasteiger partial charge is 0.0611 e. The van der Waals surface area contributed by atoms with Gasteiger partial charge in [0.05, 0.1) is 6.10 Å². The molecule has 0 amide bonds. The Hall–Kier alpha value is -0.120. The maximum absolute atomic E-state index is 5.84. The molecule has 2 rings (SSSR count). The second-order valence-corrected chi connectivity index (χ2v) is 5.13. The zero-order valence-electron chi connectivity index (χ0n) is 9.80. The summed E-state index contributed by atoms with van der Waals surface area (Å²) in [7, 11) is 0. The van der Waals surface area contributed by atoms with Gasteiger partial charge in [0.15, 0.2) is 0 Å². The lowest BCUT2D eigenvalue weighted by Crippen LogP contribution is -2.62. The minimum atomic E-state index is 0.203. The highest BCUT2D eigenvalue weighted by atomic mass is 16.5. The van der Waals surface area contributed by atoms with Crippen LogP contribution in [0.1, 0.15) is 39.0 Å². The minimum Gasteiger partial charge on any atom is -0.378 e. The molecule has 0 radical (unpaired) electrons. The molecule has 0 atom stereocenters. The molecule has 0 aromatic carbocycles. The van der Waals surface area contributed by atoms with Crippen LogP contribution in [0, 0.1) is 5.92 Å². The lowest BCUT2D eigenvalue weighted by atomic mass is 9.74. The highest BCUT2D eigenvalue weighted by molar-refractivity contribution is 5.03. The van der Waals surface area contributed by atoms with Gasteiger partial charge in [0.25, 0.3) is 0 Å². The zero-order valence-corrected chi connectivity index (χ0v) is 9.80. The molecule has 0 saturated heterocycles. The molecule has 0 aliphatic heterocycles. The Balaban J connectivity index is 1.63. The number of hydrogen-bond donors (Lipinski definition) is 2. The molecule has 15 heavy (non-hydrogen) atoms. The van der Waals surface area contributed by atoms with E-state index >= 15 is 0 Å². The lowest BCUT2D eigenvalue weighted by Gasteiger charge is -2.47. The third-order valence-electron chi connectivity index (χ3n) is 3.78. The number of ether oxygens (including phenoxy) is 1. The maximum atomic E-state index is 5.84. The first kappa shape index (κ1) is 11.4. The second-order valence-electron chi connectivity index (χ2n) is 5.13. The van der Waals surface area contributed by atoms with Crippen molar-refractivity contribution in [2.75, 3.05) is 19.7 Å². The Morgan fingerprint density at radius 1 is 1.40 bits per heavy atom. The standard InChI is InChI=1S/C12H24N2O/c1-2-15-11-7-12(8-11,9-13)14-6-5-10-3-4-10/h10-11,14H,2-9,13H2,1H3. The molecule has 3 heteroatoms. The average Bonchev–Trinajstić information content (AvgIpc) is 2.97. The Morgan fingerprint density at radius 3 is 2.67 bits per heavy atom. The van der Waals surface area contributed by atoms with Crippen LogP contribution >= 0.6 is 0 Å². The van der Waals surface area contributed by atoms with Crippen molar-refractivity contribution in [1.82, 2.24) is 5.32 Å². The highest BCUT2D eigenvalue weighted by Crippen LogP contribution is 2.35. The van der Waals surface area contributed by atoms with E-state index in [9.17, 15) is 0 Å². The van der Waals surface area contributed by atoms with Gasteiger partial charge in [-0.05, 0) is 38.6 Å². The summed E-state index contributed by atoms with van der Waals surface area (Å²) in [5.74, 6) is 1.01. The molecule has 0 heterocycles. The predicted molar refractivity (Wildman–Crippen MR) is 61.8 cm³/mol. The quantitative estimate of drug-likeness (QED) is 0.668. The Morgan fingerprint density at radius 2 is 2.13 bits per heavy atom. The molecule has 3 nitrogen and oxygen atoms in total. The van der Waals surface area contributed by atoms with Gasteiger partial charge >= 0.3 is 0 Å². The number of nitrogens with one attached hydrogen (secondary N) is 1. The topological polar surface area (TPSA) is 47.3 Å². The van der Waals surface area contributed by atoms with Crippen LogP contribution < -0.4 is 11.1 Å². The van der Waals surface area contributed by atoms with E-state index in [2.05, 4.69) is 12.2 Å². The minimum absolute atomic E-state index is 0.203. The van der Waals surface area contributed by atoms with Crippen molar-refractivity contribution < 1.29 is 4.74 Å². The van der Waals surface area contributed by atoms with Gasteiger partial charge < -0.3 is 15.8 Å². The third-order valence-corrected chi connectivity index (χ3v) is 3.78. The van der Waals surface area contributed by atoms with Gasteiger partial charge in [0.1, 0.15) is 0 Å². The largest absolute Gasteiger partial charge is 0.378 e. The molecule has 88 valence electrons. The first-order valence-corrected chi connectivity index (χ1v) is 6.35. The van der Waals surface area contributed by atoms with Crippen molar-refractivity contribution in [2.45, 2.75) is 50.7 Å². The van der Waals surface area contributed by atoms with Crippen LogP contribution in [0.15, 0.2) is 0 Å². The van der Waals surface area contributed by atoms with Crippen LogP contribution in [0.4, 0.5) is 0 Å². The first-order valence-electron chi connectivity index (χ1n) is 6.35. The molecule has 0 aromatic heterocycles. The van der Waals surface area contributed by atoms with Crippen molar-refractivity contribution in [3.8, 4) is 0 Å². The number of nitrogens with two attached hydrogens (primary N) is 1. The second kappa shape index (κ2) is 4.81. The summed E-state index contributed by atoms with van der Waals surface area (Å²) in [6.45, 7) is 4.78. The fraction of sp³-hybridized carbons (Fsp3) is 1.00. The van der Waals surface area contributed by atoms with E-state index < -0.39 is 0 Å². The van der Waals surface area contributed by atoms with E-state index in [0.29, 0.717) is 6.10 Å². The van der Waals surface area contributed by atoms with Gasteiger partial charge in [-0.25, -0.2) is 0 Å². The van der Waals surface area contributed by atoms with Gasteiger partial charge in [0.2, 0.25) is 0 Å². The third kappa shape index (κ3) is 2.92. The Bertz CT molecular complexity index is 198. The average molecular weight is 212 g/mol. The van der Waals surface area contributed by atoms with E-state index in [1.165, 1.54) is 19.3 Å². The summed E-state index contributed by atoms with van der Waals surface area (Å²) in [5.41, 5.74) is 6.04. The summed E-state index contributed by atoms with van der Waals surface area (Å²) in [5, 5.41) is 3.64. The molecule has 3 N–H and O–H groups in total. The Labute approximate surface area is 92.7 Å². The van der Waals surface area contributed by atoms with Crippen molar-refractivity contribution in [1.29, 1.82) is 0 Å². The van der Waals surface area contributed by atoms with E-state index in [4.69, 9.17) is 10.5 Å². The molecule has 0 bridgehead atoms. The van der Waals surface area contributed by atoms with E-state index in [1.807, 2.05) is 0 Å². The molecular weight excluding hydrogens is 188 g/mol. The van der Waals surface area contributed by atoms with Crippen molar-refractivity contribution in [3.05, 3.63) is 0 Å². The maximum Gasteiger partial charge on any atom is 0.0611 e. The molecule has 0 aromatic rings. The number of hydrogen-bond acceptors (Lipinski definition) is 3. The van der Waals surface area contributed by atoms with Crippen LogP contribution in [-0.4, -0.2) is 31.3 Å². The van der Waals surface area contributed by atoms with Crippen molar-refractivity contribution in [3.63, 3.8) is 0 Å². The summed E-state index contributed by atoms with van der Waals surface area (Å²) in [6, 6.07) is 0. The molecular formula is C12H24N2O. The van der Waals surface area contributed by atoms with Crippen LogP contribution in [0.5, 0.6) is 0 Å². The van der Waals surface area contributed by atoms with Gasteiger partial charge in [0, 0.05) is 18.7 Å². The summed E-state index contributed by atoms with van der Waals surface area (Å²) in [4.78, 5) is 0. The molecule has 2 fully saturated rings. The van der Waals surface area contributed by atoms with Crippen molar-refractivity contribution in [2.24, 2.45) is 11.7 Å². The fourth-order valence-electron chi connectivity index (χ4n) is 2.50.